The molecule has 0 aliphatic heterocycles. The molecule has 0 atom stereocenters. The molecule has 2 rings (SSSR count). The Bertz CT molecular complexity index is 642. The van der Waals surface area contributed by atoms with Gasteiger partial charge in [0.15, 0.2) is 0 Å². The standard InChI is InChI=1S/C13H13N3O3/c1-18-13(17)7-9-2-3-10-8-11(4-5-15-16-14)19-12(10)6-9/h2-3,6,8H,4-5,7H2,1H3. The van der Waals surface area contributed by atoms with E-state index in [0.29, 0.717) is 13.0 Å². The van der Waals surface area contributed by atoms with Gasteiger partial charge in [0.05, 0.1) is 13.5 Å². The molecule has 0 saturated carbocycles. The second kappa shape index (κ2) is 5.93. The SMILES string of the molecule is COC(=O)Cc1ccc2cc(CCN=[N+]=[N-])oc2c1. The van der Waals surface area contributed by atoms with Gasteiger partial charge in [-0.3, -0.25) is 4.79 Å². The van der Waals surface area contributed by atoms with E-state index in [2.05, 4.69) is 14.8 Å². The molecule has 0 aliphatic carbocycles. The van der Waals surface area contributed by atoms with Gasteiger partial charge in [0.1, 0.15) is 11.3 Å². The maximum absolute atomic E-state index is 11.2. The average Bonchev–Trinajstić information content (AvgIpc) is 2.81. The summed E-state index contributed by atoms with van der Waals surface area (Å²) < 4.78 is 10.3. The first-order valence-corrected chi connectivity index (χ1v) is 5.82. The average molecular weight is 259 g/mol. The van der Waals surface area contributed by atoms with E-state index in [0.717, 1.165) is 22.3 Å². The van der Waals surface area contributed by atoms with Crippen LogP contribution in [0.15, 0.2) is 33.8 Å². The molecular weight excluding hydrogens is 246 g/mol. The number of carbonyl (C=O) groups is 1. The van der Waals surface area contributed by atoms with Crippen molar-refractivity contribution in [2.75, 3.05) is 13.7 Å². The zero-order valence-electron chi connectivity index (χ0n) is 10.5. The topological polar surface area (TPSA) is 88.2 Å². The van der Waals surface area contributed by atoms with Crippen LogP contribution in [-0.2, 0) is 22.4 Å². The summed E-state index contributed by atoms with van der Waals surface area (Å²) in [6, 6.07) is 7.49. The maximum Gasteiger partial charge on any atom is 0.309 e. The molecule has 0 N–H and O–H groups in total. The van der Waals surface area contributed by atoms with Crippen LogP contribution in [0.4, 0.5) is 0 Å². The van der Waals surface area contributed by atoms with Crippen molar-refractivity contribution in [3.63, 3.8) is 0 Å². The molecule has 98 valence electrons. The molecule has 0 unspecified atom stereocenters. The fraction of sp³-hybridized carbons (Fsp3) is 0.308. The Morgan fingerprint density at radius 2 is 2.32 bits per heavy atom. The lowest BCUT2D eigenvalue weighted by molar-refractivity contribution is -0.139. The van der Waals surface area contributed by atoms with Gasteiger partial charge in [0.2, 0.25) is 0 Å². The van der Waals surface area contributed by atoms with E-state index in [1.807, 2.05) is 24.3 Å². The van der Waals surface area contributed by atoms with Crippen LogP contribution in [0.25, 0.3) is 21.4 Å². The number of hydrogen-bond donors (Lipinski definition) is 0. The van der Waals surface area contributed by atoms with Crippen LogP contribution in [0.3, 0.4) is 0 Å². The smallest absolute Gasteiger partial charge is 0.309 e. The van der Waals surface area contributed by atoms with Crippen LogP contribution < -0.4 is 0 Å². The van der Waals surface area contributed by atoms with Crippen LogP contribution in [0.5, 0.6) is 0 Å². The van der Waals surface area contributed by atoms with Crippen molar-refractivity contribution in [2.45, 2.75) is 12.8 Å². The van der Waals surface area contributed by atoms with Crippen LogP contribution in [0, 0.1) is 0 Å². The number of ether oxygens (including phenoxy) is 1. The molecule has 0 aliphatic rings. The van der Waals surface area contributed by atoms with E-state index in [9.17, 15) is 4.79 Å². The van der Waals surface area contributed by atoms with Crippen molar-refractivity contribution < 1.29 is 13.9 Å². The number of hydrogen-bond acceptors (Lipinski definition) is 4. The predicted octanol–water partition coefficient (Wildman–Crippen LogP) is 3.00. The Kier molecular flexibility index (Phi) is 4.05. The van der Waals surface area contributed by atoms with Crippen molar-refractivity contribution in [1.82, 2.24) is 0 Å². The summed E-state index contributed by atoms with van der Waals surface area (Å²) in [5.74, 6) is 0.479. The molecule has 1 heterocycles. The highest BCUT2D eigenvalue weighted by atomic mass is 16.5. The highest BCUT2D eigenvalue weighted by Gasteiger charge is 2.07. The second-order valence-corrected chi connectivity index (χ2v) is 4.04. The Morgan fingerprint density at radius 1 is 1.47 bits per heavy atom. The van der Waals surface area contributed by atoms with E-state index in [4.69, 9.17) is 9.95 Å². The second-order valence-electron chi connectivity index (χ2n) is 4.04. The lowest BCUT2D eigenvalue weighted by atomic mass is 10.1. The zero-order chi connectivity index (χ0) is 13.7. The minimum Gasteiger partial charge on any atom is -0.469 e. The molecule has 0 amide bonds. The summed E-state index contributed by atoms with van der Waals surface area (Å²) in [5.41, 5.74) is 9.77. The van der Waals surface area contributed by atoms with E-state index in [1.165, 1.54) is 7.11 Å². The van der Waals surface area contributed by atoms with E-state index >= 15 is 0 Å². The molecule has 2 aromatic rings. The first-order valence-electron chi connectivity index (χ1n) is 5.82. The summed E-state index contributed by atoms with van der Waals surface area (Å²) >= 11 is 0. The molecule has 6 nitrogen and oxygen atoms in total. The number of nitrogens with zero attached hydrogens (tertiary/aromatic N) is 3. The van der Waals surface area contributed by atoms with Gasteiger partial charge >= 0.3 is 5.97 Å². The Balaban J connectivity index is 2.18. The summed E-state index contributed by atoms with van der Waals surface area (Å²) in [7, 11) is 1.36. The highest BCUT2D eigenvalue weighted by Crippen LogP contribution is 2.21. The van der Waals surface area contributed by atoms with Gasteiger partial charge in [-0.25, -0.2) is 0 Å². The molecule has 19 heavy (non-hydrogen) atoms. The van der Waals surface area contributed by atoms with Gasteiger partial charge in [0, 0.05) is 23.3 Å². The fourth-order valence-electron chi connectivity index (χ4n) is 1.81. The molecular formula is C13H13N3O3. The van der Waals surface area contributed by atoms with Crippen LogP contribution >= 0.6 is 0 Å². The Morgan fingerprint density at radius 3 is 3.05 bits per heavy atom. The third-order valence-corrected chi connectivity index (χ3v) is 2.73. The largest absolute Gasteiger partial charge is 0.469 e. The van der Waals surface area contributed by atoms with Crippen LogP contribution in [0.2, 0.25) is 0 Å². The molecule has 0 saturated heterocycles. The first kappa shape index (κ1) is 13.0. The van der Waals surface area contributed by atoms with Crippen LogP contribution in [0.1, 0.15) is 11.3 Å². The van der Waals surface area contributed by atoms with Gasteiger partial charge in [-0.1, -0.05) is 17.2 Å². The number of benzene rings is 1. The van der Waals surface area contributed by atoms with Crippen molar-refractivity contribution >= 4 is 16.9 Å². The third-order valence-electron chi connectivity index (χ3n) is 2.73. The minimum atomic E-state index is -0.283. The zero-order valence-corrected chi connectivity index (χ0v) is 10.5. The minimum absolute atomic E-state index is 0.223. The normalized spacial score (nSPS) is 10.2. The maximum atomic E-state index is 11.2. The van der Waals surface area contributed by atoms with Crippen LogP contribution in [-0.4, -0.2) is 19.6 Å². The number of rotatable bonds is 5. The van der Waals surface area contributed by atoms with E-state index in [-0.39, 0.29) is 12.4 Å². The van der Waals surface area contributed by atoms with Crippen molar-refractivity contribution in [3.8, 4) is 0 Å². The molecule has 0 radical (unpaired) electrons. The summed E-state index contributed by atoms with van der Waals surface area (Å²) in [5, 5.41) is 4.43. The number of azide groups is 1. The van der Waals surface area contributed by atoms with E-state index < -0.39 is 0 Å². The van der Waals surface area contributed by atoms with Gasteiger partial charge in [-0.15, -0.1) is 0 Å². The van der Waals surface area contributed by atoms with Crippen molar-refractivity contribution in [2.24, 2.45) is 5.11 Å². The van der Waals surface area contributed by atoms with Crippen molar-refractivity contribution in [1.29, 1.82) is 0 Å². The third kappa shape index (κ3) is 3.26. The van der Waals surface area contributed by atoms with Crippen molar-refractivity contribution in [3.05, 3.63) is 46.0 Å². The van der Waals surface area contributed by atoms with Gasteiger partial charge < -0.3 is 9.15 Å². The Labute approximate surface area is 109 Å². The molecule has 0 spiro atoms. The summed E-state index contributed by atoms with van der Waals surface area (Å²) in [4.78, 5) is 13.9. The van der Waals surface area contributed by atoms with Gasteiger partial charge in [-0.2, -0.15) is 0 Å². The molecule has 0 fully saturated rings. The number of methoxy groups -OCH3 is 1. The van der Waals surface area contributed by atoms with E-state index in [1.54, 1.807) is 0 Å². The molecule has 6 heteroatoms. The Hall–Kier alpha value is -2.46. The molecule has 1 aromatic carbocycles. The number of fused-ring (bicyclic) bond motifs is 1. The van der Waals surface area contributed by atoms with Gasteiger partial charge in [0.25, 0.3) is 0 Å². The first-order chi connectivity index (χ1) is 9.22. The summed E-state index contributed by atoms with van der Waals surface area (Å²) in [6.45, 7) is 0.366. The molecule has 0 bridgehead atoms. The fourth-order valence-corrected chi connectivity index (χ4v) is 1.81. The number of carbonyl (C=O) groups excluding carboxylic acids is 1. The molecule has 1 aromatic heterocycles. The lowest BCUT2D eigenvalue weighted by Gasteiger charge is -1.99. The monoisotopic (exact) mass is 259 g/mol. The number of furan rings is 1. The summed E-state index contributed by atoms with van der Waals surface area (Å²) in [6.07, 6.45) is 0.784. The van der Waals surface area contributed by atoms with Gasteiger partial charge in [-0.05, 0) is 23.2 Å². The quantitative estimate of drug-likeness (QED) is 0.358. The lowest BCUT2D eigenvalue weighted by Crippen LogP contribution is -2.03. The predicted molar refractivity (Wildman–Crippen MR) is 69.7 cm³/mol. The number of esters is 1. The highest BCUT2D eigenvalue weighted by molar-refractivity contribution is 5.80.